The van der Waals surface area contributed by atoms with Gasteiger partial charge in [-0.3, -0.25) is 13.7 Å². The molecule has 1 aliphatic carbocycles. The molecule has 5 nitrogen and oxygen atoms in total. The Morgan fingerprint density at radius 2 is 1.20 bits per heavy atom. The largest absolute Gasteiger partial charge is 0.458 e. The first kappa shape index (κ1) is 32.8. The van der Waals surface area contributed by atoms with Gasteiger partial charge in [-0.25, -0.2) is 4.98 Å². The van der Waals surface area contributed by atoms with Crippen molar-refractivity contribution in [1.29, 1.82) is 0 Å². The van der Waals surface area contributed by atoms with E-state index < -0.39 is 0 Å². The van der Waals surface area contributed by atoms with E-state index in [1.54, 1.807) is 0 Å². The van der Waals surface area contributed by atoms with Gasteiger partial charge >= 0.3 is 0 Å². The maximum Gasteiger partial charge on any atom is 0.269 e. The second-order valence-corrected chi connectivity index (χ2v) is 16.3. The first-order valence-electron chi connectivity index (χ1n) is 20.9. The number of benzene rings is 7. The van der Waals surface area contributed by atoms with Crippen LogP contribution in [0.5, 0.6) is 11.5 Å². The van der Waals surface area contributed by atoms with E-state index in [-0.39, 0.29) is 0 Å². The van der Waals surface area contributed by atoms with E-state index >= 15 is 0 Å². The van der Waals surface area contributed by atoms with E-state index in [2.05, 4.69) is 178 Å². The number of para-hydroxylation sites is 3. The van der Waals surface area contributed by atoms with Crippen molar-refractivity contribution in [2.75, 3.05) is 0 Å². The molecular weight excluding hydrogens is 721 g/mol. The maximum atomic E-state index is 6.82. The lowest BCUT2D eigenvalue weighted by Gasteiger charge is -2.31. The zero-order valence-corrected chi connectivity index (χ0v) is 32.3. The lowest BCUT2D eigenvalue weighted by Crippen LogP contribution is -2.30. The first-order chi connectivity index (χ1) is 29.3. The first-order valence-corrected chi connectivity index (χ1v) is 20.9. The summed E-state index contributed by atoms with van der Waals surface area (Å²) in [6.07, 6.45) is 10.7. The summed E-state index contributed by atoms with van der Waals surface area (Å²) in [5.74, 6) is 3.59. The molecule has 13 rings (SSSR count). The number of ether oxygens (including phenoxy) is 1. The van der Waals surface area contributed by atoms with E-state index in [4.69, 9.17) is 9.72 Å². The smallest absolute Gasteiger partial charge is 0.269 e. The standard InChI is InChI=1S/C54H38N4O/c1-3-17-39-37(15-1)38-16-2-4-18-40(38)46-24-11-27-50-53(46)57(49-26-8-7-21-43(39)49)33-56(50)34-13-9-14-35(31-34)59-36-28-29-44-47-23-10-22-45-41-19-5-6-20-42(41)48-25-12-30-55-54(48)58(52(45)47)51(44)32-36/h1-4,7-18,21-32,41-42H,5-6,19-20H2. The van der Waals surface area contributed by atoms with Gasteiger partial charge in [0.2, 0.25) is 0 Å². The third-order valence-corrected chi connectivity index (χ3v) is 13.2. The molecular formula is C54H38N4O. The fourth-order valence-electron chi connectivity index (χ4n) is 10.8. The summed E-state index contributed by atoms with van der Waals surface area (Å²) < 4.78 is 13.7. The van der Waals surface area contributed by atoms with Crippen LogP contribution in [0.2, 0.25) is 0 Å². The van der Waals surface area contributed by atoms with Crippen LogP contribution >= 0.6 is 0 Å². The van der Waals surface area contributed by atoms with Gasteiger partial charge in [0.05, 0.1) is 33.4 Å². The average molecular weight is 759 g/mol. The lowest BCUT2D eigenvalue weighted by atomic mass is 9.72. The van der Waals surface area contributed by atoms with Crippen molar-refractivity contribution in [1.82, 2.24) is 14.1 Å². The van der Waals surface area contributed by atoms with E-state index in [1.807, 2.05) is 12.3 Å². The molecule has 2 aliphatic heterocycles. The molecule has 0 amide bonds. The Hall–Kier alpha value is -7.24. The molecule has 3 aromatic heterocycles. The Morgan fingerprint density at radius 1 is 0.542 bits per heavy atom. The summed E-state index contributed by atoms with van der Waals surface area (Å²) in [5, 5.41) is 2.50. The van der Waals surface area contributed by atoms with Gasteiger partial charge in [0.15, 0.2) is 0 Å². The van der Waals surface area contributed by atoms with Crippen LogP contribution in [0.4, 0.5) is 0 Å². The second kappa shape index (κ2) is 12.6. The van der Waals surface area contributed by atoms with E-state index in [0.717, 1.165) is 50.8 Å². The maximum absolute atomic E-state index is 6.82. The Morgan fingerprint density at radius 3 is 2.03 bits per heavy atom. The van der Waals surface area contributed by atoms with Crippen molar-refractivity contribution in [3.63, 3.8) is 0 Å². The fraction of sp³-hybridized carbons (Fsp3) is 0.111. The van der Waals surface area contributed by atoms with Crippen molar-refractivity contribution in [3.05, 3.63) is 187 Å². The highest BCUT2D eigenvalue weighted by molar-refractivity contribution is 6.11. The topological polar surface area (TPSA) is 35.9 Å². The predicted molar refractivity (Wildman–Crippen MR) is 236 cm³/mol. The predicted octanol–water partition coefficient (Wildman–Crippen LogP) is 13.1. The van der Waals surface area contributed by atoms with Crippen LogP contribution in [-0.2, 0) is 0 Å². The number of pyridine rings is 1. The number of fused-ring (bicyclic) bond motifs is 15. The molecule has 1 saturated carbocycles. The van der Waals surface area contributed by atoms with Crippen LogP contribution in [0.3, 0.4) is 0 Å². The molecule has 2 atom stereocenters. The normalized spacial score (nSPS) is 16.2. The van der Waals surface area contributed by atoms with Crippen LogP contribution in [0.1, 0.15) is 48.6 Å². The SMILES string of the molecule is [c-]1n(-c2cccc(Oc3ccc4c5cccc6c5n(c4c3)-c3ncccc3C3CCCCC63)c2)c2cccc3c2[n+]1-c1ccccc1-c1ccccc1-c1ccccc1-3. The summed E-state index contributed by atoms with van der Waals surface area (Å²) in [5.41, 5.74) is 16.6. The molecule has 0 bridgehead atoms. The van der Waals surface area contributed by atoms with Crippen molar-refractivity contribution in [3.8, 4) is 62.1 Å². The number of aromatic nitrogens is 4. The van der Waals surface area contributed by atoms with Gasteiger partial charge < -0.3 is 4.74 Å². The summed E-state index contributed by atoms with van der Waals surface area (Å²) in [7, 11) is 0. The molecule has 1 fully saturated rings. The number of hydrogen-bond donors (Lipinski definition) is 0. The summed E-state index contributed by atoms with van der Waals surface area (Å²) >= 11 is 0. The minimum atomic E-state index is 0.480. The van der Waals surface area contributed by atoms with Gasteiger partial charge in [0.25, 0.3) is 6.33 Å². The minimum absolute atomic E-state index is 0.480. The van der Waals surface area contributed by atoms with Gasteiger partial charge in [-0.15, -0.1) is 0 Å². The summed E-state index contributed by atoms with van der Waals surface area (Å²) in [4.78, 5) is 5.09. The second-order valence-electron chi connectivity index (χ2n) is 16.3. The number of nitrogens with zero attached hydrogens (tertiary/aromatic N) is 4. The number of rotatable bonds is 3. The molecule has 10 aromatic rings. The fourth-order valence-corrected chi connectivity index (χ4v) is 10.8. The van der Waals surface area contributed by atoms with Crippen LogP contribution in [0.15, 0.2) is 170 Å². The molecule has 59 heavy (non-hydrogen) atoms. The van der Waals surface area contributed by atoms with Gasteiger partial charge in [0, 0.05) is 23.0 Å². The van der Waals surface area contributed by atoms with Gasteiger partial charge in [-0.1, -0.05) is 128 Å². The van der Waals surface area contributed by atoms with Gasteiger partial charge in [-0.2, -0.15) is 0 Å². The Bertz CT molecular complexity index is 3350. The molecule has 280 valence electrons. The minimum Gasteiger partial charge on any atom is -0.458 e. The molecule has 0 N–H and O–H groups in total. The Balaban J connectivity index is 0.962. The van der Waals surface area contributed by atoms with Crippen molar-refractivity contribution >= 4 is 32.8 Å². The highest BCUT2D eigenvalue weighted by Gasteiger charge is 2.36. The molecule has 0 spiro atoms. The molecule has 2 unspecified atom stereocenters. The Labute approximate surface area is 342 Å². The number of imidazole rings is 1. The van der Waals surface area contributed by atoms with Crippen LogP contribution in [0, 0.1) is 6.33 Å². The monoisotopic (exact) mass is 758 g/mol. The van der Waals surface area contributed by atoms with E-state index in [0.29, 0.717) is 11.8 Å². The molecule has 3 aliphatic rings. The van der Waals surface area contributed by atoms with Crippen molar-refractivity contribution in [2.24, 2.45) is 0 Å². The van der Waals surface area contributed by atoms with Crippen LogP contribution < -0.4 is 9.30 Å². The van der Waals surface area contributed by atoms with Gasteiger partial charge in [-0.05, 0) is 112 Å². The summed E-state index contributed by atoms with van der Waals surface area (Å²) in [6, 6.07) is 59.1. The van der Waals surface area contributed by atoms with E-state index in [9.17, 15) is 0 Å². The molecule has 7 aromatic carbocycles. The van der Waals surface area contributed by atoms with Crippen molar-refractivity contribution in [2.45, 2.75) is 37.5 Å². The zero-order chi connectivity index (χ0) is 38.6. The molecule has 0 radical (unpaired) electrons. The molecule has 5 heteroatoms. The highest BCUT2D eigenvalue weighted by atomic mass is 16.5. The van der Waals surface area contributed by atoms with Gasteiger partial charge in [0.1, 0.15) is 17.3 Å². The number of hydrogen-bond acceptors (Lipinski definition) is 2. The highest BCUT2D eigenvalue weighted by Crippen LogP contribution is 2.52. The van der Waals surface area contributed by atoms with Crippen LogP contribution in [0.25, 0.3) is 83.4 Å². The third kappa shape index (κ3) is 4.79. The van der Waals surface area contributed by atoms with Crippen LogP contribution in [-0.4, -0.2) is 14.1 Å². The van der Waals surface area contributed by atoms with Crippen molar-refractivity contribution < 1.29 is 9.30 Å². The summed E-state index contributed by atoms with van der Waals surface area (Å²) in [6.45, 7) is 0. The quantitative estimate of drug-likeness (QED) is 0.133. The zero-order valence-electron chi connectivity index (χ0n) is 32.3. The van der Waals surface area contributed by atoms with E-state index in [1.165, 1.54) is 80.9 Å². The lowest BCUT2D eigenvalue weighted by molar-refractivity contribution is -0.571. The molecule has 5 heterocycles. The third-order valence-electron chi connectivity index (χ3n) is 13.2. The Kier molecular flexibility index (Phi) is 7.02. The molecule has 0 saturated heterocycles. The average Bonchev–Trinajstić information content (AvgIpc) is 3.82.